The Balaban J connectivity index is 0.000000424. The van der Waals surface area contributed by atoms with E-state index in [2.05, 4.69) is 37.9 Å². The van der Waals surface area contributed by atoms with Crippen LogP contribution in [0.2, 0.25) is 0 Å². The Labute approximate surface area is 81.5 Å². The minimum Gasteiger partial charge on any atom is -0.186 e. The number of hydrogen-bond acceptors (Lipinski definition) is 3. The van der Waals surface area contributed by atoms with Crippen LogP contribution in [0.3, 0.4) is 0 Å². The molecule has 0 atom stereocenters. The highest BCUT2D eigenvalue weighted by atomic mass is 15.7. The van der Waals surface area contributed by atoms with E-state index in [4.69, 9.17) is 0 Å². The zero-order valence-electron chi connectivity index (χ0n) is 9.41. The molecular formula is C10H21N3. The molecule has 0 aromatic heterocycles. The highest BCUT2D eigenvalue weighted by Crippen LogP contribution is 2.12. The minimum absolute atomic E-state index is 0.0334. The predicted molar refractivity (Wildman–Crippen MR) is 59.1 cm³/mol. The number of nitrogens with zero attached hydrogens (tertiary/aromatic N) is 3. The molecule has 0 saturated heterocycles. The lowest BCUT2D eigenvalue weighted by atomic mass is 9.97. The van der Waals surface area contributed by atoms with Crippen molar-refractivity contribution in [2.45, 2.75) is 41.0 Å². The molecule has 1 rings (SSSR count). The Morgan fingerprint density at radius 2 is 1.46 bits per heavy atom. The van der Waals surface area contributed by atoms with Gasteiger partial charge in [0.25, 0.3) is 0 Å². The fourth-order valence-electron chi connectivity index (χ4n) is 0.657. The Bertz CT molecular complexity index is 167. The van der Waals surface area contributed by atoms with E-state index in [9.17, 15) is 0 Å². The molecule has 76 valence electrons. The second-order valence-electron chi connectivity index (χ2n) is 3.71. The predicted octanol–water partition coefficient (Wildman–Crippen LogP) is 2.74. The van der Waals surface area contributed by atoms with Gasteiger partial charge in [-0.25, -0.2) is 0 Å². The molecule has 3 heteroatoms. The molecule has 0 fully saturated rings. The maximum Gasteiger partial charge on any atom is 0.0578 e. The molecule has 0 radical (unpaired) electrons. The molecule has 0 saturated carbocycles. The van der Waals surface area contributed by atoms with Crippen molar-refractivity contribution in [1.82, 2.24) is 5.12 Å². The van der Waals surface area contributed by atoms with Crippen LogP contribution in [0.5, 0.6) is 0 Å². The average Bonchev–Trinajstić information content (AvgIpc) is 2.06. The van der Waals surface area contributed by atoms with Crippen molar-refractivity contribution < 1.29 is 0 Å². The highest BCUT2D eigenvalue weighted by Gasteiger charge is 2.15. The van der Waals surface area contributed by atoms with E-state index in [0.29, 0.717) is 0 Å². The van der Waals surface area contributed by atoms with E-state index in [0.717, 1.165) is 6.54 Å². The van der Waals surface area contributed by atoms with Crippen LogP contribution in [0, 0.1) is 5.41 Å². The van der Waals surface area contributed by atoms with Crippen LogP contribution in [-0.4, -0.2) is 24.1 Å². The molecule has 0 unspecified atom stereocenters. The fourth-order valence-corrected chi connectivity index (χ4v) is 0.657. The van der Waals surface area contributed by atoms with Gasteiger partial charge in [-0.05, 0) is 20.8 Å². The zero-order chi connectivity index (χ0) is 10.3. The van der Waals surface area contributed by atoms with Gasteiger partial charge in [-0.3, -0.25) is 0 Å². The third-order valence-corrected chi connectivity index (χ3v) is 1.33. The molecule has 3 nitrogen and oxygen atoms in total. The van der Waals surface area contributed by atoms with Gasteiger partial charge in [-0.1, -0.05) is 20.3 Å². The molecule has 1 aliphatic heterocycles. The maximum absolute atomic E-state index is 4.11. The smallest absolute Gasteiger partial charge is 0.0578 e. The molecule has 0 bridgehead atoms. The topological polar surface area (TPSA) is 28.0 Å². The molecule has 0 aromatic rings. The van der Waals surface area contributed by atoms with Crippen LogP contribution in [0.15, 0.2) is 10.2 Å². The van der Waals surface area contributed by atoms with E-state index in [1.54, 1.807) is 5.12 Å². The Kier molecular flexibility index (Phi) is 5.35. The van der Waals surface area contributed by atoms with Gasteiger partial charge in [0.2, 0.25) is 0 Å². The molecule has 0 aromatic carbocycles. The monoisotopic (exact) mass is 183 g/mol. The Hall–Kier alpha value is -0.860. The first-order valence-corrected chi connectivity index (χ1v) is 4.93. The van der Waals surface area contributed by atoms with Gasteiger partial charge in [-0.15, -0.1) is 0 Å². The molecule has 0 amide bonds. The van der Waals surface area contributed by atoms with E-state index in [1.165, 1.54) is 6.42 Å². The van der Waals surface area contributed by atoms with Crippen LogP contribution < -0.4 is 0 Å². The van der Waals surface area contributed by atoms with Gasteiger partial charge >= 0.3 is 0 Å². The highest BCUT2D eigenvalue weighted by molar-refractivity contribution is 5.88. The molecule has 0 N–H and O–H groups in total. The largest absolute Gasteiger partial charge is 0.186 e. The van der Waals surface area contributed by atoms with E-state index in [-0.39, 0.29) is 5.41 Å². The maximum atomic E-state index is 4.11. The first-order valence-electron chi connectivity index (χ1n) is 4.93. The van der Waals surface area contributed by atoms with Crippen molar-refractivity contribution in [2.24, 2.45) is 15.6 Å². The summed E-state index contributed by atoms with van der Waals surface area (Å²) >= 11 is 0. The van der Waals surface area contributed by atoms with Crippen molar-refractivity contribution in [3.63, 3.8) is 0 Å². The summed E-state index contributed by atoms with van der Waals surface area (Å²) in [4.78, 5) is 0. The number of hydrazone groups is 2. The van der Waals surface area contributed by atoms with Gasteiger partial charge in [-0.2, -0.15) is 15.3 Å². The van der Waals surface area contributed by atoms with Crippen molar-refractivity contribution >= 4 is 12.4 Å². The quantitative estimate of drug-likeness (QED) is 0.614. The normalized spacial score (nSPS) is 18.1. The Morgan fingerprint density at radius 1 is 1.08 bits per heavy atom. The summed E-state index contributed by atoms with van der Waals surface area (Å²) in [5.41, 5.74) is 0.0334. The molecule has 1 heterocycles. The minimum atomic E-state index is 0.0334. The third-order valence-electron chi connectivity index (χ3n) is 1.33. The summed E-state index contributed by atoms with van der Waals surface area (Å²) in [7, 11) is 0. The standard InChI is InChI=1S/C7H13N3.C3H8/c1-4-10-8-5-7(2,3)6-9-10;1-3-2/h5-6H,4H2,1-3H3;3H2,1-2H3. The lowest BCUT2D eigenvalue weighted by Gasteiger charge is -2.21. The van der Waals surface area contributed by atoms with Gasteiger partial charge in [0.15, 0.2) is 0 Å². The number of rotatable bonds is 1. The van der Waals surface area contributed by atoms with Crippen LogP contribution >= 0.6 is 0 Å². The summed E-state index contributed by atoms with van der Waals surface area (Å²) in [5.74, 6) is 0. The Morgan fingerprint density at radius 3 is 1.77 bits per heavy atom. The third kappa shape index (κ3) is 5.39. The zero-order valence-corrected chi connectivity index (χ0v) is 9.41. The lowest BCUT2D eigenvalue weighted by Crippen LogP contribution is -2.25. The van der Waals surface area contributed by atoms with Crippen molar-refractivity contribution in [1.29, 1.82) is 0 Å². The van der Waals surface area contributed by atoms with Gasteiger partial charge in [0.1, 0.15) is 0 Å². The average molecular weight is 183 g/mol. The second kappa shape index (κ2) is 5.73. The SMILES string of the molecule is CCC.CCN1N=CC(C)(C)C=N1. The van der Waals surface area contributed by atoms with Crippen LogP contribution in [0.4, 0.5) is 0 Å². The molecular weight excluding hydrogens is 162 g/mol. The summed E-state index contributed by atoms with van der Waals surface area (Å²) in [5, 5.41) is 9.89. The van der Waals surface area contributed by atoms with Crippen molar-refractivity contribution in [3.8, 4) is 0 Å². The van der Waals surface area contributed by atoms with Gasteiger partial charge in [0, 0.05) is 17.8 Å². The number of hydrogen-bond donors (Lipinski definition) is 0. The van der Waals surface area contributed by atoms with Gasteiger partial charge < -0.3 is 0 Å². The van der Waals surface area contributed by atoms with E-state index in [1.807, 2.05) is 19.4 Å². The van der Waals surface area contributed by atoms with Crippen LogP contribution in [0.1, 0.15) is 41.0 Å². The van der Waals surface area contributed by atoms with Crippen LogP contribution in [-0.2, 0) is 0 Å². The van der Waals surface area contributed by atoms with E-state index < -0.39 is 0 Å². The summed E-state index contributed by atoms with van der Waals surface area (Å²) in [6.07, 6.45) is 5.06. The van der Waals surface area contributed by atoms with Crippen LogP contribution in [0.25, 0.3) is 0 Å². The second-order valence-corrected chi connectivity index (χ2v) is 3.71. The molecule has 1 aliphatic rings. The first-order chi connectivity index (χ1) is 6.05. The first kappa shape index (κ1) is 12.1. The van der Waals surface area contributed by atoms with Gasteiger partial charge in [0.05, 0.1) is 6.54 Å². The lowest BCUT2D eigenvalue weighted by molar-refractivity contribution is 0.312. The van der Waals surface area contributed by atoms with Crippen molar-refractivity contribution in [2.75, 3.05) is 6.54 Å². The fraction of sp³-hybridized carbons (Fsp3) is 0.800. The molecule has 0 aliphatic carbocycles. The summed E-state index contributed by atoms with van der Waals surface area (Å²) < 4.78 is 0. The van der Waals surface area contributed by atoms with Crippen molar-refractivity contribution in [3.05, 3.63) is 0 Å². The molecule has 13 heavy (non-hydrogen) atoms. The summed E-state index contributed by atoms with van der Waals surface area (Å²) in [6, 6.07) is 0. The molecule has 0 spiro atoms. The van der Waals surface area contributed by atoms with E-state index >= 15 is 0 Å². The summed E-state index contributed by atoms with van der Waals surface area (Å²) in [6.45, 7) is 11.3.